The maximum atomic E-state index is 12.1. The highest BCUT2D eigenvalue weighted by atomic mass is 35.5. The Balaban J connectivity index is 2.38. The molecule has 0 aromatic carbocycles. The van der Waals surface area contributed by atoms with Crippen LogP contribution in [0.15, 0.2) is 0 Å². The Morgan fingerprint density at radius 2 is 1.71 bits per heavy atom. The van der Waals surface area contributed by atoms with E-state index in [1.165, 1.54) is 32.1 Å². The SMILES string of the molecule is CC(CCl)C(C)NC(=O)C1CCCCCCC1. The smallest absolute Gasteiger partial charge is 0.223 e. The van der Waals surface area contributed by atoms with E-state index in [1.807, 2.05) is 6.92 Å². The van der Waals surface area contributed by atoms with Crippen LogP contribution in [-0.4, -0.2) is 17.8 Å². The van der Waals surface area contributed by atoms with E-state index in [9.17, 15) is 4.79 Å². The molecular formula is C14H26ClNO. The number of hydrogen-bond donors (Lipinski definition) is 1. The Labute approximate surface area is 110 Å². The number of halogens is 1. The molecule has 0 radical (unpaired) electrons. The molecule has 2 atom stereocenters. The molecule has 0 saturated heterocycles. The van der Waals surface area contributed by atoms with E-state index in [0.717, 1.165) is 12.8 Å². The van der Waals surface area contributed by atoms with Crippen LogP contribution in [-0.2, 0) is 4.79 Å². The van der Waals surface area contributed by atoms with Crippen molar-refractivity contribution in [3.63, 3.8) is 0 Å². The number of nitrogens with one attached hydrogen (secondary N) is 1. The third kappa shape index (κ3) is 5.29. The van der Waals surface area contributed by atoms with Crippen molar-refractivity contribution in [1.29, 1.82) is 0 Å². The zero-order chi connectivity index (χ0) is 12.7. The Morgan fingerprint density at radius 3 is 2.24 bits per heavy atom. The molecule has 1 fully saturated rings. The van der Waals surface area contributed by atoms with E-state index in [2.05, 4.69) is 12.2 Å². The van der Waals surface area contributed by atoms with Crippen molar-refractivity contribution in [2.75, 3.05) is 5.88 Å². The number of carbonyl (C=O) groups excluding carboxylic acids is 1. The first-order valence-corrected chi connectivity index (χ1v) is 7.55. The van der Waals surface area contributed by atoms with Gasteiger partial charge < -0.3 is 5.32 Å². The second kappa shape index (κ2) is 7.97. The summed E-state index contributed by atoms with van der Waals surface area (Å²) in [6.07, 6.45) is 8.46. The predicted octanol–water partition coefficient (Wildman–Crippen LogP) is 3.73. The molecule has 1 amide bonds. The van der Waals surface area contributed by atoms with Gasteiger partial charge in [-0.2, -0.15) is 0 Å². The minimum Gasteiger partial charge on any atom is -0.353 e. The molecule has 1 aliphatic rings. The van der Waals surface area contributed by atoms with E-state index in [1.54, 1.807) is 0 Å². The monoisotopic (exact) mass is 259 g/mol. The fourth-order valence-electron chi connectivity index (χ4n) is 2.34. The van der Waals surface area contributed by atoms with Crippen LogP contribution in [0.3, 0.4) is 0 Å². The maximum absolute atomic E-state index is 12.1. The highest BCUT2D eigenvalue weighted by molar-refractivity contribution is 6.18. The first-order valence-electron chi connectivity index (χ1n) is 7.01. The second-order valence-electron chi connectivity index (χ2n) is 5.47. The average molecular weight is 260 g/mol. The highest BCUT2D eigenvalue weighted by Gasteiger charge is 2.22. The van der Waals surface area contributed by atoms with Gasteiger partial charge in [-0.3, -0.25) is 4.79 Å². The molecule has 1 saturated carbocycles. The molecule has 0 aromatic rings. The topological polar surface area (TPSA) is 29.1 Å². The molecule has 0 heterocycles. The summed E-state index contributed by atoms with van der Waals surface area (Å²) < 4.78 is 0. The minimum atomic E-state index is 0.186. The number of alkyl halides is 1. The first-order chi connectivity index (χ1) is 8.15. The number of rotatable bonds is 4. The minimum absolute atomic E-state index is 0.186. The van der Waals surface area contributed by atoms with Gasteiger partial charge in [-0.05, 0) is 25.7 Å². The maximum Gasteiger partial charge on any atom is 0.223 e. The van der Waals surface area contributed by atoms with Gasteiger partial charge in [-0.25, -0.2) is 0 Å². The summed E-state index contributed by atoms with van der Waals surface area (Å²) in [4.78, 5) is 12.1. The number of amides is 1. The molecule has 100 valence electrons. The summed E-state index contributed by atoms with van der Waals surface area (Å²) in [7, 11) is 0. The zero-order valence-electron chi connectivity index (χ0n) is 11.2. The Kier molecular flexibility index (Phi) is 6.94. The third-order valence-corrected chi connectivity index (χ3v) is 4.43. The summed E-state index contributed by atoms with van der Waals surface area (Å²) in [6, 6.07) is 0.186. The van der Waals surface area contributed by atoms with Gasteiger partial charge in [0.05, 0.1) is 0 Å². The standard InChI is InChI=1S/C14H26ClNO/c1-11(10-15)12(2)16-14(17)13-8-6-4-3-5-7-9-13/h11-13H,3-10H2,1-2H3,(H,16,17). The second-order valence-corrected chi connectivity index (χ2v) is 5.78. The zero-order valence-corrected chi connectivity index (χ0v) is 11.9. The van der Waals surface area contributed by atoms with Gasteiger partial charge in [0.25, 0.3) is 0 Å². The van der Waals surface area contributed by atoms with Crippen molar-refractivity contribution in [3.05, 3.63) is 0 Å². The van der Waals surface area contributed by atoms with Crippen molar-refractivity contribution in [2.24, 2.45) is 11.8 Å². The van der Waals surface area contributed by atoms with Crippen LogP contribution < -0.4 is 5.32 Å². The van der Waals surface area contributed by atoms with E-state index >= 15 is 0 Å². The summed E-state index contributed by atoms with van der Waals surface area (Å²) in [5.41, 5.74) is 0. The largest absolute Gasteiger partial charge is 0.353 e. The van der Waals surface area contributed by atoms with E-state index in [0.29, 0.717) is 11.8 Å². The van der Waals surface area contributed by atoms with Crippen molar-refractivity contribution < 1.29 is 4.79 Å². The Bertz CT molecular complexity index is 224. The molecule has 1 aliphatic carbocycles. The van der Waals surface area contributed by atoms with Crippen LogP contribution in [0.5, 0.6) is 0 Å². The lowest BCUT2D eigenvalue weighted by atomic mass is 9.90. The molecule has 1 rings (SSSR count). The average Bonchev–Trinajstić information content (AvgIpc) is 2.27. The van der Waals surface area contributed by atoms with Gasteiger partial charge in [-0.15, -0.1) is 11.6 Å². The molecule has 0 spiro atoms. The van der Waals surface area contributed by atoms with Crippen LogP contribution in [0.2, 0.25) is 0 Å². The molecule has 17 heavy (non-hydrogen) atoms. The van der Waals surface area contributed by atoms with Crippen molar-refractivity contribution in [1.82, 2.24) is 5.32 Å². The van der Waals surface area contributed by atoms with Crippen molar-refractivity contribution >= 4 is 17.5 Å². The molecule has 0 aromatic heterocycles. The summed E-state index contributed by atoms with van der Waals surface area (Å²) in [5.74, 6) is 1.43. The molecular weight excluding hydrogens is 234 g/mol. The van der Waals surface area contributed by atoms with Gasteiger partial charge >= 0.3 is 0 Å². The lowest BCUT2D eigenvalue weighted by molar-refractivity contribution is -0.126. The van der Waals surface area contributed by atoms with E-state index in [4.69, 9.17) is 11.6 Å². The molecule has 0 bridgehead atoms. The predicted molar refractivity (Wildman–Crippen MR) is 73.3 cm³/mol. The third-order valence-electron chi connectivity index (χ3n) is 3.94. The first kappa shape index (κ1) is 14.8. The fraction of sp³-hybridized carbons (Fsp3) is 0.929. The number of carbonyl (C=O) groups is 1. The summed E-state index contributed by atoms with van der Waals surface area (Å²) in [6.45, 7) is 4.13. The van der Waals surface area contributed by atoms with Crippen LogP contribution in [0, 0.1) is 11.8 Å². The van der Waals surface area contributed by atoms with Gasteiger partial charge in [0.2, 0.25) is 5.91 Å². The molecule has 3 heteroatoms. The van der Waals surface area contributed by atoms with E-state index < -0.39 is 0 Å². The van der Waals surface area contributed by atoms with Crippen LogP contribution >= 0.6 is 11.6 Å². The lowest BCUT2D eigenvalue weighted by Crippen LogP contribution is -2.41. The summed E-state index contributed by atoms with van der Waals surface area (Å²) >= 11 is 5.81. The molecule has 2 unspecified atom stereocenters. The quantitative estimate of drug-likeness (QED) is 0.766. The van der Waals surface area contributed by atoms with E-state index in [-0.39, 0.29) is 17.9 Å². The highest BCUT2D eigenvalue weighted by Crippen LogP contribution is 2.22. The number of hydrogen-bond acceptors (Lipinski definition) is 1. The van der Waals surface area contributed by atoms with Gasteiger partial charge in [-0.1, -0.05) is 39.0 Å². The molecule has 0 aliphatic heterocycles. The Morgan fingerprint density at radius 1 is 1.18 bits per heavy atom. The van der Waals surface area contributed by atoms with Crippen LogP contribution in [0.25, 0.3) is 0 Å². The van der Waals surface area contributed by atoms with Crippen molar-refractivity contribution in [3.8, 4) is 0 Å². The fourth-order valence-corrected chi connectivity index (χ4v) is 2.60. The van der Waals surface area contributed by atoms with Gasteiger partial charge in [0, 0.05) is 17.8 Å². The lowest BCUT2D eigenvalue weighted by Gasteiger charge is -2.24. The van der Waals surface area contributed by atoms with Gasteiger partial charge in [0.1, 0.15) is 0 Å². The summed E-state index contributed by atoms with van der Waals surface area (Å²) in [5, 5.41) is 3.13. The molecule has 1 N–H and O–H groups in total. The van der Waals surface area contributed by atoms with Gasteiger partial charge in [0.15, 0.2) is 0 Å². The molecule has 2 nitrogen and oxygen atoms in total. The van der Waals surface area contributed by atoms with Crippen LogP contribution in [0.4, 0.5) is 0 Å². The Hall–Kier alpha value is -0.240. The normalized spacial score (nSPS) is 22.3. The van der Waals surface area contributed by atoms with Crippen LogP contribution in [0.1, 0.15) is 58.8 Å². The van der Waals surface area contributed by atoms with Crippen molar-refractivity contribution in [2.45, 2.75) is 64.8 Å².